The van der Waals surface area contributed by atoms with E-state index >= 15 is 0 Å². The number of rotatable bonds is 9. The van der Waals surface area contributed by atoms with Crippen LogP contribution in [0.3, 0.4) is 0 Å². The van der Waals surface area contributed by atoms with Crippen molar-refractivity contribution in [2.24, 2.45) is 0 Å². The molecule has 2 rings (SSSR count). The Bertz CT molecular complexity index is 895. The molecule has 6 heteroatoms. The maximum Gasteiger partial charge on any atom is 0.309 e. The first-order valence-corrected chi connectivity index (χ1v) is 12.6. The predicted octanol–water partition coefficient (Wildman–Crippen LogP) is 7.56. The zero-order valence-corrected chi connectivity index (χ0v) is 23.2. The zero-order chi connectivity index (χ0) is 24.5. The summed E-state index contributed by atoms with van der Waals surface area (Å²) in [7, 11) is 0. The van der Waals surface area contributed by atoms with E-state index in [1.54, 1.807) is 11.3 Å². The Morgan fingerprint density at radius 3 is 1.78 bits per heavy atom. The highest BCUT2D eigenvalue weighted by atomic mass is 32.1. The molecule has 0 unspecified atom stereocenters. The second-order valence-electron chi connectivity index (χ2n) is 11.9. The minimum atomic E-state index is -0.235. The van der Waals surface area contributed by atoms with Gasteiger partial charge in [0.25, 0.3) is 0 Å². The second-order valence-corrected chi connectivity index (χ2v) is 12.9. The van der Waals surface area contributed by atoms with Gasteiger partial charge in [-0.25, -0.2) is 9.97 Å². The smallest absolute Gasteiger partial charge is 0.309 e. The lowest BCUT2D eigenvalue weighted by molar-refractivity contribution is 0.223. The summed E-state index contributed by atoms with van der Waals surface area (Å²) in [5.41, 5.74) is 1.43. The third-order valence-corrected chi connectivity index (χ3v) is 7.08. The summed E-state index contributed by atoms with van der Waals surface area (Å²) >= 11 is 1.68. The van der Waals surface area contributed by atoms with Crippen molar-refractivity contribution < 1.29 is 13.9 Å². The number of nitrogens with zero attached hydrogens (tertiary/aromatic N) is 2. The van der Waals surface area contributed by atoms with Crippen LogP contribution in [-0.2, 0) is 21.7 Å². The lowest BCUT2D eigenvalue weighted by atomic mass is 9.77. The molecule has 0 saturated carbocycles. The Kier molecular flexibility index (Phi) is 7.81. The lowest BCUT2D eigenvalue weighted by Crippen LogP contribution is -2.26. The van der Waals surface area contributed by atoms with Gasteiger partial charge in [0.2, 0.25) is 5.89 Å². The molecule has 0 atom stereocenters. The molecule has 0 aromatic carbocycles. The van der Waals surface area contributed by atoms with Crippen molar-refractivity contribution in [1.29, 1.82) is 0 Å². The molecule has 0 bridgehead atoms. The third kappa shape index (κ3) is 6.06. The summed E-state index contributed by atoms with van der Waals surface area (Å²) in [6, 6.07) is 0. The molecule has 182 valence electrons. The largest absolute Gasteiger partial charge is 0.483 e. The van der Waals surface area contributed by atoms with Crippen molar-refractivity contribution in [2.75, 3.05) is 13.2 Å². The van der Waals surface area contributed by atoms with Gasteiger partial charge >= 0.3 is 5.95 Å². The molecule has 5 nitrogen and oxygen atoms in total. The first-order chi connectivity index (χ1) is 14.5. The highest BCUT2D eigenvalue weighted by Gasteiger charge is 2.37. The van der Waals surface area contributed by atoms with E-state index in [0.29, 0.717) is 19.2 Å². The van der Waals surface area contributed by atoms with Crippen molar-refractivity contribution in [1.82, 2.24) is 9.97 Å². The molecule has 2 aromatic rings. The standard InChI is InChI=1S/C26H44N2O3S/c1-13-29-19-17(23(3,4)5)27-21(31-19)26(11,12)16-15-25(9,10)18-20(30-14-2)32-22(28-18)24(6,7)8/h13-16H2,1-12H3. The molecule has 0 aliphatic carbocycles. The molecule has 0 N–H and O–H groups in total. The van der Waals surface area contributed by atoms with Gasteiger partial charge < -0.3 is 13.9 Å². The van der Waals surface area contributed by atoms with Crippen molar-refractivity contribution in [3.8, 4) is 11.0 Å². The van der Waals surface area contributed by atoms with Gasteiger partial charge in [0.1, 0.15) is 16.4 Å². The maximum atomic E-state index is 6.16. The average molecular weight is 465 g/mol. The van der Waals surface area contributed by atoms with E-state index in [9.17, 15) is 0 Å². The molecule has 0 fully saturated rings. The maximum absolute atomic E-state index is 6.16. The van der Waals surface area contributed by atoms with E-state index in [1.165, 1.54) is 0 Å². The van der Waals surface area contributed by atoms with Gasteiger partial charge in [-0.05, 0) is 26.7 Å². The number of oxazole rings is 1. The molecule has 32 heavy (non-hydrogen) atoms. The van der Waals surface area contributed by atoms with Gasteiger partial charge in [-0.3, -0.25) is 0 Å². The molecule has 0 saturated heterocycles. The van der Waals surface area contributed by atoms with Crippen molar-refractivity contribution >= 4 is 11.3 Å². The van der Waals surface area contributed by atoms with E-state index in [-0.39, 0.29) is 21.7 Å². The first-order valence-electron chi connectivity index (χ1n) is 11.8. The molecular weight excluding hydrogens is 420 g/mol. The number of ether oxygens (including phenoxy) is 2. The van der Waals surface area contributed by atoms with Gasteiger partial charge in [-0.15, -0.1) is 0 Å². The molecule has 0 aliphatic rings. The van der Waals surface area contributed by atoms with Crippen LogP contribution in [0.5, 0.6) is 11.0 Å². The molecule has 0 amide bonds. The van der Waals surface area contributed by atoms with Crippen LogP contribution in [0.1, 0.15) is 118 Å². The van der Waals surface area contributed by atoms with Crippen LogP contribution in [0.15, 0.2) is 4.42 Å². The Labute approximate surface area is 199 Å². The number of hydrogen-bond acceptors (Lipinski definition) is 6. The van der Waals surface area contributed by atoms with Crippen LogP contribution in [0.2, 0.25) is 0 Å². The molecule has 0 radical (unpaired) electrons. The van der Waals surface area contributed by atoms with Crippen LogP contribution < -0.4 is 9.47 Å². The molecular formula is C26H44N2O3S. The lowest BCUT2D eigenvalue weighted by Gasteiger charge is -2.29. The summed E-state index contributed by atoms with van der Waals surface area (Å²) in [5, 5.41) is 2.07. The Hall–Kier alpha value is -1.56. The second kappa shape index (κ2) is 9.36. The van der Waals surface area contributed by atoms with E-state index in [2.05, 4.69) is 69.2 Å². The van der Waals surface area contributed by atoms with Crippen molar-refractivity contribution in [2.45, 2.75) is 118 Å². The van der Waals surface area contributed by atoms with Gasteiger partial charge in [-0.2, -0.15) is 0 Å². The Morgan fingerprint density at radius 1 is 0.719 bits per heavy atom. The SMILES string of the molecule is CCOc1oc(C(C)(C)CCC(C)(C)c2nc(C(C)(C)C)sc2OCC)nc1C(C)(C)C. The average Bonchev–Trinajstić information content (AvgIpc) is 3.26. The van der Waals surface area contributed by atoms with Crippen LogP contribution in [0, 0.1) is 0 Å². The van der Waals surface area contributed by atoms with Crippen LogP contribution in [-0.4, -0.2) is 23.2 Å². The minimum Gasteiger partial charge on any atom is -0.483 e. The highest BCUT2D eigenvalue weighted by molar-refractivity contribution is 7.13. The summed E-state index contributed by atoms with van der Waals surface area (Å²) in [4.78, 5) is 9.95. The molecule has 2 heterocycles. The highest BCUT2D eigenvalue weighted by Crippen LogP contribution is 2.44. The number of thiazole rings is 1. The number of aromatic nitrogens is 2. The monoisotopic (exact) mass is 464 g/mol. The van der Waals surface area contributed by atoms with Gasteiger partial charge in [0, 0.05) is 21.7 Å². The van der Waals surface area contributed by atoms with E-state index < -0.39 is 0 Å². The summed E-state index contributed by atoms with van der Waals surface area (Å²) in [5.74, 6) is 1.29. The normalized spacial score (nSPS) is 13.5. The van der Waals surface area contributed by atoms with Crippen LogP contribution >= 0.6 is 11.3 Å². The van der Waals surface area contributed by atoms with Crippen LogP contribution in [0.4, 0.5) is 0 Å². The quantitative estimate of drug-likeness (QED) is 0.383. The predicted molar refractivity (Wildman–Crippen MR) is 134 cm³/mol. The molecule has 0 aliphatic heterocycles. The number of hydrogen-bond donors (Lipinski definition) is 0. The first kappa shape index (κ1) is 26.7. The minimum absolute atomic E-state index is 0.00123. The van der Waals surface area contributed by atoms with E-state index in [1.807, 2.05) is 13.8 Å². The third-order valence-electron chi connectivity index (χ3n) is 5.69. The van der Waals surface area contributed by atoms with E-state index in [0.717, 1.165) is 40.2 Å². The fourth-order valence-electron chi connectivity index (χ4n) is 3.43. The Balaban J connectivity index is 2.31. The fourth-order valence-corrected chi connectivity index (χ4v) is 4.65. The van der Waals surface area contributed by atoms with Crippen LogP contribution in [0.25, 0.3) is 0 Å². The van der Waals surface area contributed by atoms with Gasteiger partial charge in [-0.1, -0.05) is 80.6 Å². The summed E-state index contributed by atoms with van der Waals surface area (Å²) in [6.07, 6.45) is 1.84. The van der Waals surface area contributed by atoms with Gasteiger partial charge in [0.05, 0.1) is 13.2 Å². The topological polar surface area (TPSA) is 57.4 Å². The summed E-state index contributed by atoms with van der Waals surface area (Å²) < 4.78 is 17.9. The zero-order valence-electron chi connectivity index (χ0n) is 22.4. The van der Waals surface area contributed by atoms with Gasteiger partial charge in [0.15, 0.2) is 5.06 Å². The molecule has 2 aromatic heterocycles. The molecule has 0 spiro atoms. The Morgan fingerprint density at radius 2 is 1.28 bits per heavy atom. The van der Waals surface area contributed by atoms with Crippen molar-refractivity contribution in [3.05, 3.63) is 22.3 Å². The van der Waals surface area contributed by atoms with Crippen molar-refractivity contribution in [3.63, 3.8) is 0 Å². The fraction of sp³-hybridized carbons (Fsp3) is 0.769. The summed E-state index contributed by atoms with van der Waals surface area (Å²) in [6.45, 7) is 27.1. The van der Waals surface area contributed by atoms with E-state index in [4.69, 9.17) is 23.9 Å².